The van der Waals surface area contributed by atoms with Crippen LogP contribution in [0.1, 0.15) is 13.8 Å². The number of hydrogen-bond acceptors (Lipinski definition) is 1. The van der Waals surface area contributed by atoms with Gasteiger partial charge in [-0.1, -0.05) is 26.5 Å². The lowest BCUT2D eigenvalue weighted by molar-refractivity contribution is 0.721. The van der Waals surface area contributed by atoms with Crippen LogP contribution in [0, 0.1) is 0 Å². The quantitative estimate of drug-likeness (QED) is 0.460. The van der Waals surface area contributed by atoms with Gasteiger partial charge >= 0.3 is 0 Å². The summed E-state index contributed by atoms with van der Waals surface area (Å²) in [7, 11) is 0. The molecule has 2 heteroatoms. The summed E-state index contributed by atoms with van der Waals surface area (Å²) >= 11 is 0. The fraction of sp³-hybridized carbons (Fsp3) is 1.00. The van der Waals surface area contributed by atoms with Crippen molar-refractivity contribution in [2.45, 2.75) is 32.4 Å². The van der Waals surface area contributed by atoms with E-state index in [0.29, 0.717) is 0 Å². The Morgan fingerprint density at radius 1 is 1.50 bits per heavy atom. The first-order valence-electron chi connectivity index (χ1n) is 3.45. The molecular weight excluding hydrogens is 96.9 g/mol. The molecular formula is C6H14BN. The Hall–Kier alpha value is 0.0249. The summed E-state index contributed by atoms with van der Waals surface area (Å²) in [5.74, 6) is 1.62. The molecule has 0 radical (unpaired) electrons. The summed E-state index contributed by atoms with van der Waals surface area (Å²) in [6.45, 7) is 8.96. The molecule has 1 fully saturated rings. The lowest BCUT2D eigenvalue weighted by Gasteiger charge is -2.06. The largest absolute Gasteiger partial charge is 0.322 e. The van der Waals surface area contributed by atoms with Gasteiger partial charge in [0, 0.05) is 0 Å². The predicted molar refractivity (Wildman–Crippen MR) is 38.5 cm³/mol. The van der Waals surface area contributed by atoms with Gasteiger partial charge in [-0.15, -0.1) is 0 Å². The molecule has 0 aromatic rings. The van der Waals surface area contributed by atoms with Gasteiger partial charge in [0.2, 0.25) is 0 Å². The van der Waals surface area contributed by atoms with Crippen molar-refractivity contribution in [3.05, 3.63) is 0 Å². The SMILES string of the molecule is CB1C(C)CNC1C. The minimum atomic E-state index is 0.741. The fourth-order valence-electron chi connectivity index (χ4n) is 1.24. The molecule has 0 amide bonds. The molecule has 0 saturated carbocycles. The van der Waals surface area contributed by atoms with E-state index in [0.717, 1.165) is 18.5 Å². The van der Waals surface area contributed by atoms with E-state index >= 15 is 0 Å². The molecule has 1 aliphatic rings. The second-order valence-corrected chi connectivity index (χ2v) is 3.03. The van der Waals surface area contributed by atoms with Gasteiger partial charge in [-0.3, -0.25) is 0 Å². The molecule has 2 unspecified atom stereocenters. The Balaban J connectivity index is 2.44. The summed E-state index contributed by atoms with van der Waals surface area (Å²) in [5, 5.41) is 3.42. The summed E-state index contributed by atoms with van der Waals surface area (Å²) in [6, 6.07) is 0. The Labute approximate surface area is 51.9 Å². The van der Waals surface area contributed by atoms with Crippen molar-refractivity contribution in [3.8, 4) is 0 Å². The first kappa shape index (κ1) is 6.15. The minimum absolute atomic E-state index is 0.741. The maximum atomic E-state index is 3.42. The van der Waals surface area contributed by atoms with Crippen LogP contribution in [0.2, 0.25) is 12.6 Å². The van der Waals surface area contributed by atoms with E-state index in [4.69, 9.17) is 0 Å². The normalized spacial score (nSPS) is 38.6. The second kappa shape index (κ2) is 2.10. The van der Waals surface area contributed by atoms with E-state index in [1.807, 2.05) is 0 Å². The highest BCUT2D eigenvalue weighted by molar-refractivity contribution is 6.61. The van der Waals surface area contributed by atoms with Gasteiger partial charge < -0.3 is 5.32 Å². The number of rotatable bonds is 0. The lowest BCUT2D eigenvalue weighted by atomic mass is 9.41. The van der Waals surface area contributed by atoms with Crippen molar-refractivity contribution < 1.29 is 0 Å². The highest BCUT2D eigenvalue weighted by Gasteiger charge is 2.28. The highest BCUT2D eigenvalue weighted by atomic mass is 14.9. The summed E-state index contributed by atoms with van der Waals surface area (Å²) in [6.07, 6.45) is 0. The standard InChI is InChI=1S/C6H14BN/c1-5-4-8-6(2)7(5)3/h5-6,8H,4H2,1-3H3. The molecule has 0 aromatic heterocycles. The van der Waals surface area contributed by atoms with E-state index in [1.165, 1.54) is 6.54 Å². The van der Waals surface area contributed by atoms with Crippen molar-refractivity contribution >= 4 is 6.71 Å². The zero-order valence-corrected chi connectivity index (χ0v) is 5.94. The molecule has 1 heterocycles. The molecule has 1 aliphatic heterocycles. The molecule has 1 rings (SSSR count). The zero-order chi connectivity index (χ0) is 6.15. The zero-order valence-electron chi connectivity index (χ0n) is 5.94. The van der Waals surface area contributed by atoms with Gasteiger partial charge in [0.1, 0.15) is 0 Å². The van der Waals surface area contributed by atoms with Crippen LogP contribution in [0.4, 0.5) is 0 Å². The molecule has 1 nitrogen and oxygen atoms in total. The number of nitrogens with one attached hydrogen (secondary N) is 1. The Morgan fingerprint density at radius 2 is 2.12 bits per heavy atom. The van der Waals surface area contributed by atoms with Gasteiger partial charge in [0.05, 0.1) is 0 Å². The molecule has 46 valence electrons. The lowest BCUT2D eigenvalue weighted by Crippen LogP contribution is -2.28. The van der Waals surface area contributed by atoms with E-state index in [-0.39, 0.29) is 0 Å². The molecule has 1 N–H and O–H groups in total. The van der Waals surface area contributed by atoms with Gasteiger partial charge in [-0.2, -0.15) is 0 Å². The monoisotopic (exact) mass is 111 g/mol. The fourth-order valence-corrected chi connectivity index (χ4v) is 1.24. The molecule has 0 aromatic carbocycles. The Morgan fingerprint density at radius 3 is 2.25 bits per heavy atom. The van der Waals surface area contributed by atoms with Gasteiger partial charge in [0.25, 0.3) is 0 Å². The number of hydrogen-bond donors (Lipinski definition) is 1. The van der Waals surface area contributed by atoms with Crippen molar-refractivity contribution in [1.82, 2.24) is 5.32 Å². The van der Waals surface area contributed by atoms with Crippen LogP contribution in [-0.2, 0) is 0 Å². The van der Waals surface area contributed by atoms with Crippen molar-refractivity contribution in [1.29, 1.82) is 0 Å². The predicted octanol–water partition coefficient (Wildman–Crippen LogP) is 1.03. The van der Waals surface area contributed by atoms with Gasteiger partial charge in [-0.25, -0.2) is 0 Å². The van der Waals surface area contributed by atoms with Gasteiger partial charge in [0.15, 0.2) is 6.71 Å². The third kappa shape index (κ3) is 0.897. The van der Waals surface area contributed by atoms with Crippen molar-refractivity contribution in [2.24, 2.45) is 0 Å². The average molecular weight is 111 g/mol. The van der Waals surface area contributed by atoms with Crippen LogP contribution < -0.4 is 5.32 Å². The minimum Gasteiger partial charge on any atom is -0.322 e. The van der Waals surface area contributed by atoms with Crippen molar-refractivity contribution in [3.63, 3.8) is 0 Å². The van der Waals surface area contributed by atoms with Crippen LogP contribution in [0.5, 0.6) is 0 Å². The Kier molecular flexibility index (Phi) is 1.61. The third-order valence-electron chi connectivity index (χ3n) is 2.45. The van der Waals surface area contributed by atoms with Crippen LogP contribution >= 0.6 is 0 Å². The van der Waals surface area contributed by atoms with E-state index in [9.17, 15) is 0 Å². The molecule has 1 saturated heterocycles. The van der Waals surface area contributed by atoms with Crippen LogP contribution in [0.25, 0.3) is 0 Å². The second-order valence-electron chi connectivity index (χ2n) is 3.03. The molecule has 0 spiro atoms. The Bertz CT molecular complexity index is 74.6. The molecule has 2 atom stereocenters. The molecule has 0 bridgehead atoms. The topological polar surface area (TPSA) is 12.0 Å². The summed E-state index contributed by atoms with van der Waals surface area (Å²) in [5.41, 5.74) is 0. The maximum absolute atomic E-state index is 3.42. The van der Waals surface area contributed by atoms with Crippen LogP contribution in [-0.4, -0.2) is 19.2 Å². The van der Waals surface area contributed by atoms with Gasteiger partial charge in [-0.05, 0) is 12.5 Å². The van der Waals surface area contributed by atoms with E-state index < -0.39 is 0 Å². The van der Waals surface area contributed by atoms with Crippen LogP contribution in [0.15, 0.2) is 0 Å². The average Bonchev–Trinajstić information content (AvgIpc) is 1.98. The third-order valence-corrected chi connectivity index (χ3v) is 2.45. The van der Waals surface area contributed by atoms with Crippen molar-refractivity contribution in [2.75, 3.05) is 6.54 Å². The van der Waals surface area contributed by atoms with E-state index in [1.54, 1.807) is 0 Å². The summed E-state index contributed by atoms with van der Waals surface area (Å²) < 4.78 is 0. The van der Waals surface area contributed by atoms with Crippen LogP contribution in [0.3, 0.4) is 0 Å². The first-order chi connectivity index (χ1) is 3.72. The summed E-state index contributed by atoms with van der Waals surface area (Å²) in [4.78, 5) is 0. The van der Waals surface area contributed by atoms with E-state index in [2.05, 4.69) is 26.0 Å². The molecule has 0 aliphatic carbocycles. The smallest absolute Gasteiger partial charge is 0.161 e. The first-order valence-corrected chi connectivity index (χ1v) is 3.45. The maximum Gasteiger partial charge on any atom is 0.161 e. The molecule has 8 heavy (non-hydrogen) atoms. The highest BCUT2D eigenvalue weighted by Crippen LogP contribution is 2.16.